The molecule has 114 valence electrons. The van der Waals surface area contributed by atoms with Gasteiger partial charge in [-0.3, -0.25) is 0 Å². The second kappa shape index (κ2) is 5.89. The molecule has 1 aliphatic carbocycles. The van der Waals surface area contributed by atoms with Gasteiger partial charge in [0.05, 0.1) is 4.90 Å². The van der Waals surface area contributed by atoms with E-state index in [0.29, 0.717) is 30.8 Å². The predicted octanol–water partition coefficient (Wildman–Crippen LogP) is 2.17. The highest BCUT2D eigenvalue weighted by Crippen LogP contribution is 2.27. The van der Waals surface area contributed by atoms with Crippen LogP contribution in [0.4, 0.5) is 0 Å². The Balaban J connectivity index is 1.83. The molecule has 0 atom stereocenters. The molecule has 2 aliphatic rings. The van der Waals surface area contributed by atoms with Crippen LogP contribution in [0, 0.1) is 5.92 Å². The number of piperidine rings is 1. The van der Waals surface area contributed by atoms with Gasteiger partial charge in [-0.05, 0) is 61.8 Å². The second-order valence-corrected chi connectivity index (χ2v) is 7.95. The number of sulfonamides is 1. The van der Waals surface area contributed by atoms with Gasteiger partial charge in [-0.1, -0.05) is 6.07 Å². The second-order valence-electron chi connectivity index (χ2n) is 6.02. The Hall–Kier alpha value is -1.20. The maximum absolute atomic E-state index is 12.7. The molecule has 1 aliphatic heterocycles. The number of hydrogen-bond donors (Lipinski definition) is 0. The quantitative estimate of drug-likeness (QED) is 0.804. The first kappa shape index (κ1) is 14.7. The average Bonchev–Trinajstić information content (AvgIpc) is 2.54. The first-order valence-corrected chi connectivity index (χ1v) is 9.12. The van der Waals surface area contributed by atoms with E-state index in [2.05, 4.69) is 0 Å². The van der Waals surface area contributed by atoms with Gasteiger partial charge >= 0.3 is 0 Å². The number of fused-ring (bicyclic) bond motifs is 1. The van der Waals surface area contributed by atoms with Gasteiger partial charge in [0.25, 0.3) is 0 Å². The molecular formula is C16H21NO3S. The van der Waals surface area contributed by atoms with Gasteiger partial charge in [0, 0.05) is 19.0 Å². The Morgan fingerprint density at radius 1 is 1.05 bits per heavy atom. The third kappa shape index (κ3) is 2.90. The SMILES string of the molecule is O=CC1CCN(S(=O)(=O)c2ccc3c(c2)CCCC3)CC1. The number of rotatable bonds is 3. The van der Waals surface area contributed by atoms with Crippen LogP contribution in [0.15, 0.2) is 23.1 Å². The molecule has 0 N–H and O–H groups in total. The van der Waals surface area contributed by atoms with E-state index in [1.54, 1.807) is 6.07 Å². The third-order valence-corrected chi connectivity index (χ3v) is 6.54. The lowest BCUT2D eigenvalue weighted by molar-refractivity contribution is -0.112. The first-order chi connectivity index (χ1) is 10.1. The lowest BCUT2D eigenvalue weighted by atomic mass is 9.92. The van der Waals surface area contributed by atoms with Crippen LogP contribution in [-0.2, 0) is 27.7 Å². The lowest BCUT2D eigenvalue weighted by Crippen LogP contribution is -2.38. The summed E-state index contributed by atoms with van der Waals surface area (Å²) in [4.78, 5) is 11.2. The van der Waals surface area contributed by atoms with Crippen molar-refractivity contribution < 1.29 is 13.2 Å². The van der Waals surface area contributed by atoms with E-state index in [0.717, 1.165) is 25.5 Å². The molecule has 0 unspecified atom stereocenters. The van der Waals surface area contributed by atoms with E-state index in [1.807, 2.05) is 12.1 Å². The molecule has 5 heteroatoms. The topological polar surface area (TPSA) is 54.5 Å². The molecular weight excluding hydrogens is 286 g/mol. The molecule has 1 aromatic rings. The maximum atomic E-state index is 12.7. The standard InChI is InChI=1S/C16H21NO3S/c18-12-13-7-9-17(10-8-13)21(19,20)16-6-5-14-3-1-2-4-15(14)11-16/h5-6,11-13H,1-4,7-10H2. The largest absolute Gasteiger partial charge is 0.303 e. The molecule has 1 aromatic carbocycles. The van der Waals surface area contributed by atoms with Gasteiger partial charge < -0.3 is 4.79 Å². The molecule has 0 amide bonds. The number of nitrogens with zero attached hydrogens (tertiary/aromatic N) is 1. The average molecular weight is 307 g/mol. The minimum absolute atomic E-state index is 0.0139. The highest BCUT2D eigenvalue weighted by atomic mass is 32.2. The van der Waals surface area contributed by atoms with Crippen LogP contribution >= 0.6 is 0 Å². The van der Waals surface area contributed by atoms with Crippen molar-refractivity contribution in [2.24, 2.45) is 5.92 Å². The maximum Gasteiger partial charge on any atom is 0.243 e. The van der Waals surface area contributed by atoms with Crippen LogP contribution in [0.25, 0.3) is 0 Å². The normalized spacial score (nSPS) is 21.0. The summed E-state index contributed by atoms with van der Waals surface area (Å²) < 4.78 is 26.9. The monoisotopic (exact) mass is 307 g/mol. The van der Waals surface area contributed by atoms with Crippen LogP contribution in [0.1, 0.15) is 36.8 Å². The summed E-state index contributed by atoms with van der Waals surface area (Å²) in [5.74, 6) is 0.0139. The van der Waals surface area contributed by atoms with Crippen molar-refractivity contribution in [1.82, 2.24) is 4.31 Å². The van der Waals surface area contributed by atoms with Gasteiger partial charge in [-0.25, -0.2) is 8.42 Å². The number of hydrogen-bond acceptors (Lipinski definition) is 3. The van der Waals surface area contributed by atoms with Crippen LogP contribution in [0.5, 0.6) is 0 Å². The summed E-state index contributed by atoms with van der Waals surface area (Å²) in [6.45, 7) is 0.894. The Morgan fingerprint density at radius 2 is 1.71 bits per heavy atom. The van der Waals surface area contributed by atoms with Crippen molar-refractivity contribution in [2.45, 2.75) is 43.4 Å². The fraction of sp³-hybridized carbons (Fsp3) is 0.562. The number of carbonyl (C=O) groups is 1. The van der Waals surface area contributed by atoms with Crippen LogP contribution < -0.4 is 0 Å². The van der Waals surface area contributed by atoms with Crippen LogP contribution in [-0.4, -0.2) is 32.1 Å². The summed E-state index contributed by atoms with van der Waals surface area (Å²) in [5, 5.41) is 0. The Morgan fingerprint density at radius 3 is 2.38 bits per heavy atom. The van der Waals surface area contributed by atoms with E-state index >= 15 is 0 Å². The Labute approximate surface area is 126 Å². The number of carbonyl (C=O) groups excluding carboxylic acids is 1. The summed E-state index contributed by atoms with van der Waals surface area (Å²) >= 11 is 0. The highest BCUT2D eigenvalue weighted by Gasteiger charge is 2.29. The van der Waals surface area contributed by atoms with E-state index < -0.39 is 10.0 Å². The van der Waals surface area contributed by atoms with Crippen molar-refractivity contribution in [3.8, 4) is 0 Å². The van der Waals surface area contributed by atoms with Gasteiger partial charge in [0.15, 0.2) is 0 Å². The Bertz CT molecular complexity index is 631. The third-order valence-electron chi connectivity index (χ3n) is 4.65. The summed E-state index contributed by atoms with van der Waals surface area (Å²) in [6, 6.07) is 5.57. The van der Waals surface area contributed by atoms with Gasteiger partial charge in [0.1, 0.15) is 6.29 Å². The zero-order valence-electron chi connectivity index (χ0n) is 12.1. The number of aryl methyl sites for hydroxylation is 2. The molecule has 0 radical (unpaired) electrons. The van der Waals surface area contributed by atoms with Crippen LogP contribution in [0.2, 0.25) is 0 Å². The van der Waals surface area contributed by atoms with Gasteiger partial charge in [-0.15, -0.1) is 0 Å². The molecule has 3 rings (SSSR count). The van der Waals surface area contributed by atoms with E-state index in [9.17, 15) is 13.2 Å². The minimum Gasteiger partial charge on any atom is -0.303 e. The molecule has 0 saturated carbocycles. The molecule has 21 heavy (non-hydrogen) atoms. The van der Waals surface area contributed by atoms with Crippen molar-refractivity contribution in [3.05, 3.63) is 29.3 Å². The van der Waals surface area contributed by atoms with Crippen LogP contribution in [0.3, 0.4) is 0 Å². The summed E-state index contributed by atoms with van der Waals surface area (Å²) in [6.07, 6.45) is 6.58. The molecule has 1 saturated heterocycles. The number of aldehydes is 1. The molecule has 0 spiro atoms. The molecule has 1 fully saturated rings. The first-order valence-electron chi connectivity index (χ1n) is 7.68. The van der Waals surface area contributed by atoms with Crippen molar-refractivity contribution in [1.29, 1.82) is 0 Å². The molecule has 1 heterocycles. The van der Waals surface area contributed by atoms with Crippen molar-refractivity contribution in [3.63, 3.8) is 0 Å². The number of benzene rings is 1. The smallest absolute Gasteiger partial charge is 0.243 e. The van der Waals surface area contributed by atoms with Gasteiger partial charge in [0.2, 0.25) is 10.0 Å². The molecule has 0 aromatic heterocycles. The van der Waals surface area contributed by atoms with E-state index in [4.69, 9.17) is 0 Å². The zero-order chi connectivity index (χ0) is 14.9. The predicted molar refractivity (Wildman–Crippen MR) is 80.6 cm³/mol. The fourth-order valence-corrected chi connectivity index (χ4v) is 4.79. The van der Waals surface area contributed by atoms with E-state index in [-0.39, 0.29) is 5.92 Å². The van der Waals surface area contributed by atoms with Gasteiger partial charge in [-0.2, -0.15) is 4.31 Å². The minimum atomic E-state index is -3.41. The lowest BCUT2D eigenvalue weighted by Gasteiger charge is -2.29. The summed E-state index contributed by atoms with van der Waals surface area (Å²) in [7, 11) is -3.41. The van der Waals surface area contributed by atoms with Crippen molar-refractivity contribution in [2.75, 3.05) is 13.1 Å². The highest BCUT2D eigenvalue weighted by molar-refractivity contribution is 7.89. The zero-order valence-corrected chi connectivity index (χ0v) is 12.9. The Kier molecular flexibility index (Phi) is 4.13. The van der Waals surface area contributed by atoms with Crippen molar-refractivity contribution >= 4 is 16.3 Å². The fourth-order valence-electron chi connectivity index (χ4n) is 3.27. The molecule has 0 bridgehead atoms. The molecule has 4 nitrogen and oxygen atoms in total. The van der Waals surface area contributed by atoms with E-state index in [1.165, 1.54) is 21.9 Å². The summed E-state index contributed by atoms with van der Waals surface area (Å²) in [5.41, 5.74) is 2.48.